The SMILES string of the molecule is O=C(c1cc2c(s1)CCCCC2)N1CC[C@@H]2CNC[C@@H]2CC1. The van der Waals surface area contributed by atoms with Gasteiger partial charge in [0.1, 0.15) is 0 Å². The van der Waals surface area contributed by atoms with E-state index in [9.17, 15) is 4.79 Å². The first-order chi connectivity index (χ1) is 10.8. The maximum absolute atomic E-state index is 12.9. The van der Waals surface area contributed by atoms with Gasteiger partial charge in [0, 0.05) is 18.0 Å². The first-order valence-corrected chi connectivity index (χ1v) is 9.74. The van der Waals surface area contributed by atoms with Crippen molar-refractivity contribution >= 4 is 17.2 Å². The molecule has 3 aliphatic rings. The summed E-state index contributed by atoms with van der Waals surface area (Å²) in [6.45, 7) is 4.20. The second-order valence-corrected chi connectivity index (χ2v) is 8.30. The van der Waals surface area contributed by atoms with Crippen molar-refractivity contribution in [3.05, 3.63) is 21.4 Å². The molecule has 2 atom stereocenters. The minimum absolute atomic E-state index is 0.297. The van der Waals surface area contributed by atoms with Crippen LogP contribution >= 0.6 is 11.3 Å². The molecule has 1 aromatic rings. The Labute approximate surface area is 137 Å². The number of carbonyl (C=O) groups is 1. The van der Waals surface area contributed by atoms with Gasteiger partial charge in [0.15, 0.2) is 0 Å². The lowest BCUT2D eigenvalue weighted by molar-refractivity contribution is 0.0763. The molecule has 4 rings (SSSR count). The van der Waals surface area contributed by atoms with Gasteiger partial charge in [0.2, 0.25) is 0 Å². The molecule has 0 spiro atoms. The van der Waals surface area contributed by atoms with Crippen LogP contribution in [0.25, 0.3) is 0 Å². The zero-order valence-corrected chi connectivity index (χ0v) is 14.1. The minimum Gasteiger partial charge on any atom is -0.338 e. The van der Waals surface area contributed by atoms with Crippen LogP contribution in [0.1, 0.15) is 52.2 Å². The summed E-state index contributed by atoms with van der Waals surface area (Å²) < 4.78 is 0. The summed E-state index contributed by atoms with van der Waals surface area (Å²) >= 11 is 1.78. The van der Waals surface area contributed by atoms with E-state index in [1.165, 1.54) is 55.4 Å². The van der Waals surface area contributed by atoms with Crippen molar-refractivity contribution in [3.63, 3.8) is 0 Å². The number of fused-ring (bicyclic) bond motifs is 2. The van der Waals surface area contributed by atoms with Crippen LogP contribution < -0.4 is 5.32 Å². The van der Waals surface area contributed by atoms with Crippen molar-refractivity contribution in [3.8, 4) is 0 Å². The number of hydrogen-bond acceptors (Lipinski definition) is 3. The number of nitrogens with one attached hydrogen (secondary N) is 1. The van der Waals surface area contributed by atoms with Gasteiger partial charge in [-0.2, -0.15) is 0 Å². The summed E-state index contributed by atoms with van der Waals surface area (Å²) in [5.41, 5.74) is 1.46. The third kappa shape index (κ3) is 2.83. The van der Waals surface area contributed by atoms with Crippen molar-refractivity contribution < 1.29 is 4.79 Å². The van der Waals surface area contributed by atoms with Gasteiger partial charge in [-0.25, -0.2) is 0 Å². The highest BCUT2D eigenvalue weighted by atomic mass is 32.1. The first-order valence-electron chi connectivity index (χ1n) is 8.93. The summed E-state index contributed by atoms with van der Waals surface area (Å²) in [6, 6.07) is 2.21. The van der Waals surface area contributed by atoms with Crippen LogP contribution in [0.15, 0.2) is 6.07 Å². The molecule has 1 aliphatic carbocycles. The number of thiophene rings is 1. The molecule has 0 radical (unpaired) electrons. The van der Waals surface area contributed by atoms with Gasteiger partial charge in [0.05, 0.1) is 4.88 Å². The van der Waals surface area contributed by atoms with E-state index in [1.54, 1.807) is 11.3 Å². The van der Waals surface area contributed by atoms with Crippen LogP contribution in [0.5, 0.6) is 0 Å². The van der Waals surface area contributed by atoms with E-state index in [0.29, 0.717) is 5.91 Å². The van der Waals surface area contributed by atoms with E-state index in [-0.39, 0.29) is 0 Å². The Kier molecular flexibility index (Phi) is 4.23. The van der Waals surface area contributed by atoms with E-state index in [1.807, 2.05) is 0 Å². The van der Waals surface area contributed by atoms with E-state index in [0.717, 1.165) is 42.9 Å². The topological polar surface area (TPSA) is 32.3 Å². The Hall–Kier alpha value is -0.870. The lowest BCUT2D eigenvalue weighted by Crippen LogP contribution is -2.32. The third-order valence-electron chi connectivity index (χ3n) is 5.76. The summed E-state index contributed by atoms with van der Waals surface area (Å²) in [7, 11) is 0. The molecule has 0 bridgehead atoms. The van der Waals surface area contributed by atoms with Crippen LogP contribution in [-0.2, 0) is 12.8 Å². The van der Waals surface area contributed by atoms with Crippen LogP contribution in [0.4, 0.5) is 0 Å². The third-order valence-corrected chi connectivity index (χ3v) is 6.99. The van der Waals surface area contributed by atoms with Crippen LogP contribution in [0.2, 0.25) is 0 Å². The van der Waals surface area contributed by atoms with E-state index >= 15 is 0 Å². The molecule has 1 N–H and O–H groups in total. The van der Waals surface area contributed by atoms with Gasteiger partial charge in [0.25, 0.3) is 5.91 Å². The molecule has 0 aromatic carbocycles. The largest absolute Gasteiger partial charge is 0.338 e. The average molecular weight is 318 g/mol. The maximum Gasteiger partial charge on any atom is 0.263 e. The molecule has 2 aliphatic heterocycles. The fourth-order valence-electron chi connectivity index (χ4n) is 4.35. The Balaban J connectivity index is 1.47. The van der Waals surface area contributed by atoms with E-state index in [4.69, 9.17) is 0 Å². The predicted molar refractivity (Wildman–Crippen MR) is 90.6 cm³/mol. The highest BCUT2D eigenvalue weighted by Crippen LogP contribution is 2.32. The minimum atomic E-state index is 0.297. The van der Waals surface area contributed by atoms with Crippen LogP contribution in [-0.4, -0.2) is 37.0 Å². The number of amides is 1. The van der Waals surface area contributed by atoms with Gasteiger partial charge in [-0.05, 0) is 75.1 Å². The maximum atomic E-state index is 12.9. The molecule has 22 heavy (non-hydrogen) atoms. The molecular formula is C18H26N2OS. The molecule has 2 saturated heterocycles. The monoisotopic (exact) mass is 318 g/mol. The zero-order chi connectivity index (χ0) is 14.9. The summed E-state index contributed by atoms with van der Waals surface area (Å²) in [5, 5.41) is 3.51. The number of likely N-dealkylation sites (tertiary alicyclic amines) is 1. The van der Waals surface area contributed by atoms with Crippen molar-refractivity contribution in [2.45, 2.75) is 44.9 Å². The Morgan fingerprint density at radius 3 is 2.59 bits per heavy atom. The van der Waals surface area contributed by atoms with Gasteiger partial charge in [-0.3, -0.25) is 4.79 Å². The number of hydrogen-bond donors (Lipinski definition) is 1. The molecule has 1 amide bonds. The standard InChI is InChI=1S/C18H26N2OS/c21-18(17-10-13-4-2-1-3-5-16(13)22-17)20-8-6-14-11-19-12-15(14)7-9-20/h10,14-15,19H,1-9,11-12H2/t14-,15+. The lowest BCUT2D eigenvalue weighted by Gasteiger charge is -2.20. The average Bonchev–Trinajstić information content (AvgIpc) is 3.02. The van der Waals surface area contributed by atoms with Crippen molar-refractivity contribution in [2.75, 3.05) is 26.2 Å². The molecule has 0 saturated carbocycles. The number of rotatable bonds is 1. The van der Waals surface area contributed by atoms with Crippen molar-refractivity contribution in [1.29, 1.82) is 0 Å². The predicted octanol–water partition coefficient (Wildman–Crippen LogP) is 3.09. The Morgan fingerprint density at radius 2 is 1.82 bits per heavy atom. The first kappa shape index (κ1) is 14.7. The normalized spacial score (nSPS) is 28.6. The number of aryl methyl sites for hydroxylation is 2. The summed E-state index contributed by atoms with van der Waals surface area (Å²) in [6.07, 6.45) is 8.63. The lowest BCUT2D eigenvalue weighted by atomic mass is 9.92. The van der Waals surface area contributed by atoms with Crippen molar-refractivity contribution in [1.82, 2.24) is 10.2 Å². The highest BCUT2D eigenvalue weighted by molar-refractivity contribution is 7.14. The number of carbonyl (C=O) groups excluding carboxylic acids is 1. The van der Waals surface area contributed by atoms with Gasteiger partial charge in [-0.1, -0.05) is 6.42 Å². The summed E-state index contributed by atoms with van der Waals surface area (Å²) in [4.78, 5) is 17.5. The molecule has 3 nitrogen and oxygen atoms in total. The smallest absolute Gasteiger partial charge is 0.263 e. The molecular weight excluding hydrogens is 292 g/mol. The van der Waals surface area contributed by atoms with Crippen LogP contribution in [0.3, 0.4) is 0 Å². The highest BCUT2D eigenvalue weighted by Gasteiger charge is 2.32. The molecule has 1 aromatic heterocycles. The Bertz CT molecular complexity index is 516. The van der Waals surface area contributed by atoms with Crippen molar-refractivity contribution in [2.24, 2.45) is 11.8 Å². The number of nitrogens with zero attached hydrogens (tertiary/aromatic N) is 1. The zero-order valence-electron chi connectivity index (χ0n) is 13.3. The second kappa shape index (κ2) is 6.32. The fourth-order valence-corrected chi connectivity index (χ4v) is 5.57. The second-order valence-electron chi connectivity index (χ2n) is 7.17. The fraction of sp³-hybridized carbons (Fsp3) is 0.722. The molecule has 4 heteroatoms. The quantitative estimate of drug-likeness (QED) is 0.807. The molecule has 120 valence electrons. The van der Waals surface area contributed by atoms with Crippen LogP contribution in [0, 0.1) is 11.8 Å². The molecule has 3 heterocycles. The Morgan fingerprint density at radius 1 is 1.09 bits per heavy atom. The molecule has 0 unspecified atom stereocenters. The summed E-state index contributed by atoms with van der Waals surface area (Å²) in [5.74, 6) is 1.88. The van der Waals surface area contributed by atoms with Gasteiger partial charge >= 0.3 is 0 Å². The van der Waals surface area contributed by atoms with E-state index < -0.39 is 0 Å². The molecule has 2 fully saturated rings. The van der Waals surface area contributed by atoms with Gasteiger partial charge < -0.3 is 10.2 Å². The van der Waals surface area contributed by atoms with Gasteiger partial charge in [-0.15, -0.1) is 11.3 Å². The van der Waals surface area contributed by atoms with E-state index in [2.05, 4.69) is 16.3 Å².